The van der Waals surface area contributed by atoms with Gasteiger partial charge in [-0.05, 0) is 29.8 Å². The Morgan fingerprint density at radius 2 is 1.82 bits per heavy atom. The fraction of sp³-hybridized carbons (Fsp3) is 0.409. The largest absolute Gasteiger partial charge is 0.490 e. The number of likely N-dealkylation sites (tertiary alicyclic amines) is 1. The molecule has 0 aromatic heterocycles. The summed E-state index contributed by atoms with van der Waals surface area (Å²) in [6.45, 7) is 2.68. The molecule has 0 saturated carbocycles. The molecule has 0 radical (unpaired) electrons. The van der Waals surface area contributed by atoms with Gasteiger partial charge in [0.1, 0.15) is 11.9 Å². The second-order valence-corrected chi connectivity index (χ2v) is 7.08. The number of rotatable bonds is 5. The lowest BCUT2D eigenvalue weighted by atomic mass is 10.1. The van der Waals surface area contributed by atoms with Crippen molar-refractivity contribution in [3.8, 4) is 5.75 Å². The number of ether oxygens (including phenoxy) is 1. The number of halogens is 1. The second-order valence-electron chi connectivity index (χ2n) is 7.08. The molecule has 0 bridgehead atoms. The van der Waals surface area contributed by atoms with Crippen LogP contribution in [0.15, 0.2) is 59.6 Å². The first-order valence-corrected chi connectivity index (χ1v) is 9.59. The standard InChI is InChI=1S/C22H30N4O.HI/c1-23-22(24-17-18-8-7-9-19(16-18)25(2)3)26-14-12-21(13-15-26)27-20-10-5-4-6-11-20;/h4-11,16,21H,12-15,17H2,1-3H3,(H,23,24);1H. The number of anilines is 1. The van der Waals surface area contributed by atoms with E-state index in [2.05, 4.69) is 58.5 Å². The summed E-state index contributed by atoms with van der Waals surface area (Å²) >= 11 is 0. The molecular formula is C22H31IN4O. The monoisotopic (exact) mass is 494 g/mol. The van der Waals surface area contributed by atoms with E-state index >= 15 is 0 Å². The van der Waals surface area contributed by atoms with Crippen LogP contribution in [-0.4, -0.2) is 51.2 Å². The number of hydrogen-bond donors (Lipinski definition) is 1. The SMILES string of the molecule is CN=C(NCc1cccc(N(C)C)c1)N1CCC(Oc2ccccc2)CC1.I. The quantitative estimate of drug-likeness (QED) is 0.388. The molecule has 1 N–H and O–H groups in total. The molecule has 28 heavy (non-hydrogen) atoms. The van der Waals surface area contributed by atoms with Crippen molar-refractivity contribution in [1.29, 1.82) is 0 Å². The van der Waals surface area contributed by atoms with Crippen LogP contribution in [0.25, 0.3) is 0 Å². The van der Waals surface area contributed by atoms with E-state index in [-0.39, 0.29) is 30.1 Å². The fourth-order valence-corrected chi connectivity index (χ4v) is 3.33. The molecule has 1 aliphatic rings. The van der Waals surface area contributed by atoms with Crippen LogP contribution >= 0.6 is 24.0 Å². The van der Waals surface area contributed by atoms with E-state index < -0.39 is 0 Å². The minimum absolute atomic E-state index is 0. The molecule has 1 fully saturated rings. The second kappa shape index (κ2) is 11.1. The van der Waals surface area contributed by atoms with Gasteiger partial charge in [-0.2, -0.15) is 0 Å². The number of nitrogens with zero attached hydrogens (tertiary/aromatic N) is 3. The summed E-state index contributed by atoms with van der Waals surface area (Å²) < 4.78 is 6.09. The van der Waals surface area contributed by atoms with E-state index in [1.807, 2.05) is 37.4 Å². The maximum atomic E-state index is 6.09. The molecule has 0 unspecified atom stereocenters. The Kier molecular flexibility index (Phi) is 8.89. The third-order valence-corrected chi connectivity index (χ3v) is 4.88. The molecule has 2 aromatic carbocycles. The number of piperidine rings is 1. The highest BCUT2D eigenvalue weighted by molar-refractivity contribution is 14.0. The van der Waals surface area contributed by atoms with Crippen molar-refractivity contribution in [2.45, 2.75) is 25.5 Å². The van der Waals surface area contributed by atoms with Gasteiger partial charge < -0.3 is 19.9 Å². The summed E-state index contributed by atoms with van der Waals surface area (Å²) in [5, 5.41) is 3.50. The van der Waals surface area contributed by atoms with Gasteiger partial charge in [0.25, 0.3) is 0 Å². The third kappa shape index (κ3) is 6.29. The van der Waals surface area contributed by atoms with Gasteiger partial charge in [-0.1, -0.05) is 30.3 Å². The van der Waals surface area contributed by atoms with Gasteiger partial charge in [-0.25, -0.2) is 0 Å². The van der Waals surface area contributed by atoms with E-state index in [4.69, 9.17) is 4.74 Å². The fourth-order valence-electron chi connectivity index (χ4n) is 3.33. The first kappa shape index (κ1) is 22.3. The lowest BCUT2D eigenvalue weighted by molar-refractivity contribution is 0.129. The Bertz CT molecular complexity index is 743. The van der Waals surface area contributed by atoms with Crippen molar-refractivity contribution in [2.75, 3.05) is 39.1 Å². The van der Waals surface area contributed by atoms with E-state index in [9.17, 15) is 0 Å². The van der Waals surface area contributed by atoms with Crippen LogP contribution in [0.5, 0.6) is 5.75 Å². The van der Waals surface area contributed by atoms with Crippen LogP contribution < -0.4 is 15.0 Å². The normalized spacial score (nSPS) is 15.0. The van der Waals surface area contributed by atoms with E-state index in [0.717, 1.165) is 44.2 Å². The maximum absolute atomic E-state index is 6.09. The molecule has 5 nitrogen and oxygen atoms in total. The Hall–Kier alpha value is -1.96. The summed E-state index contributed by atoms with van der Waals surface area (Å²) in [4.78, 5) is 8.91. The smallest absolute Gasteiger partial charge is 0.193 e. The van der Waals surface area contributed by atoms with Crippen LogP contribution in [0, 0.1) is 0 Å². The average Bonchev–Trinajstić information content (AvgIpc) is 2.70. The van der Waals surface area contributed by atoms with Crippen LogP contribution in [-0.2, 0) is 6.54 Å². The van der Waals surface area contributed by atoms with Crippen molar-refractivity contribution in [1.82, 2.24) is 10.2 Å². The maximum Gasteiger partial charge on any atom is 0.193 e. The van der Waals surface area contributed by atoms with Gasteiger partial charge in [-0.3, -0.25) is 4.99 Å². The zero-order valence-electron chi connectivity index (χ0n) is 17.0. The predicted octanol–water partition coefficient (Wildman–Crippen LogP) is 3.99. The van der Waals surface area contributed by atoms with Gasteiger partial charge >= 0.3 is 0 Å². The topological polar surface area (TPSA) is 40.1 Å². The molecule has 1 saturated heterocycles. The van der Waals surface area contributed by atoms with E-state index in [0.29, 0.717) is 0 Å². The van der Waals surface area contributed by atoms with E-state index in [1.54, 1.807) is 0 Å². The highest BCUT2D eigenvalue weighted by Gasteiger charge is 2.22. The summed E-state index contributed by atoms with van der Waals surface area (Å²) in [5.74, 6) is 1.92. The van der Waals surface area contributed by atoms with E-state index in [1.165, 1.54) is 11.3 Å². The molecule has 1 aliphatic heterocycles. The number of nitrogens with one attached hydrogen (secondary N) is 1. The average molecular weight is 494 g/mol. The first-order valence-electron chi connectivity index (χ1n) is 9.59. The molecule has 0 aliphatic carbocycles. The molecule has 0 amide bonds. The Labute approximate surface area is 185 Å². The van der Waals surface area contributed by atoms with Crippen LogP contribution in [0.3, 0.4) is 0 Å². The Morgan fingerprint density at radius 3 is 2.46 bits per heavy atom. The van der Waals surface area contributed by atoms with Gasteiger partial charge in [0.15, 0.2) is 5.96 Å². The summed E-state index contributed by atoms with van der Waals surface area (Å²) in [5.41, 5.74) is 2.47. The van der Waals surface area contributed by atoms with Crippen LogP contribution in [0.1, 0.15) is 18.4 Å². The Morgan fingerprint density at radius 1 is 1.11 bits per heavy atom. The minimum Gasteiger partial charge on any atom is -0.490 e. The molecule has 3 rings (SSSR count). The zero-order chi connectivity index (χ0) is 19.1. The van der Waals surface area contributed by atoms with Crippen molar-refractivity contribution >= 4 is 35.6 Å². The summed E-state index contributed by atoms with van der Waals surface area (Å²) in [6, 6.07) is 18.7. The summed E-state index contributed by atoms with van der Waals surface area (Å²) in [6.07, 6.45) is 2.29. The van der Waals surface area contributed by atoms with Crippen LogP contribution in [0.4, 0.5) is 5.69 Å². The molecule has 0 atom stereocenters. The van der Waals surface area contributed by atoms with Gasteiger partial charge in [0, 0.05) is 59.3 Å². The van der Waals surface area contributed by atoms with Crippen molar-refractivity contribution in [2.24, 2.45) is 4.99 Å². The number of hydrogen-bond acceptors (Lipinski definition) is 3. The van der Waals surface area contributed by atoms with Gasteiger partial charge in [0.05, 0.1) is 0 Å². The minimum atomic E-state index is 0. The highest BCUT2D eigenvalue weighted by Crippen LogP contribution is 2.19. The predicted molar refractivity (Wildman–Crippen MR) is 128 cm³/mol. The molecule has 1 heterocycles. The molecular weight excluding hydrogens is 463 g/mol. The van der Waals surface area contributed by atoms with Gasteiger partial charge in [0.2, 0.25) is 0 Å². The molecule has 6 heteroatoms. The molecule has 2 aromatic rings. The van der Waals surface area contributed by atoms with Crippen molar-refractivity contribution in [3.63, 3.8) is 0 Å². The number of benzene rings is 2. The van der Waals surface area contributed by atoms with Crippen molar-refractivity contribution < 1.29 is 4.74 Å². The number of para-hydroxylation sites is 1. The van der Waals surface area contributed by atoms with Crippen molar-refractivity contribution in [3.05, 3.63) is 60.2 Å². The first-order chi connectivity index (χ1) is 13.2. The van der Waals surface area contributed by atoms with Gasteiger partial charge in [-0.15, -0.1) is 24.0 Å². The lowest BCUT2D eigenvalue weighted by Gasteiger charge is -2.34. The summed E-state index contributed by atoms with van der Waals surface area (Å²) in [7, 11) is 5.98. The highest BCUT2D eigenvalue weighted by atomic mass is 127. The zero-order valence-corrected chi connectivity index (χ0v) is 19.3. The molecule has 152 valence electrons. The van der Waals surface area contributed by atoms with Crippen LogP contribution in [0.2, 0.25) is 0 Å². The molecule has 0 spiro atoms. The number of guanidine groups is 1. The Balaban J connectivity index is 0.00000280. The lowest BCUT2D eigenvalue weighted by Crippen LogP contribution is -2.47. The number of aliphatic imine (C=N–C) groups is 1. The third-order valence-electron chi connectivity index (χ3n) is 4.88.